The molecule has 0 aliphatic rings. The molecule has 0 aliphatic heterocycles. The van der Waals surface area contributed by atoms with Crippen LogP contribution in [0.2, 0.25) is 0 Å². The zero-order chi connectivity index (χ0) is 25.2. The molecule has 34 heavy (non-hydrogen) atoms. The summed E-state index contributed by atoms with van der Waals surface area (Å²) in [4.78, 5) is 19.4. The summed E-state index contributed by atoms with van der Waals surface area (Å²) in [5.41, 5.74) is 4.19. The molecule has 1 rings (SSSR count). The topological polar surface area (TPSA) is 49.7 Å². The van der Waals surface area contributed by atoms with Crippen molar-refractivity contribution < 1.29 is 14.3 Å². The molecule has 0 radical (unpaired) electrons. The van der Waals surface area contributed by atoms with Gasteiger partial charge in [0.2, 0.25) is 0 Å². The van der Waals surface area contributed by atoms with E-state index in [-0.39, 0.29) is 0 Å². The predicted molar refractivity (Wildman–Crippen MR) is 150 cm³/mol. The lowest BCUT2D eigenvalue weighted by Gasteiger charge is -2.25. The van der Waals surface area contributed by atoms with Crippen molar-refractivity contribution in [2.24, 2.45) is 11.8 Å². The molecule has 0 saturated carbocycles. The van der Waals surface area contributed by atoms with Gasteiger partial charge in [-0.2, -0.15) is 0 Å². The third kappa shape index (κ3) is 12.4. The van der Waals surface area contributed by atoms with Crippen LogP contribution in [0.25, 0.3) is 0 Å². The third-order valence-electron chi connectivity index (χ3n) is 7.53. The van der Waals surface area contributed by atoms with Crippen LogP contribution >= 0.6 is 8.60 Å². The predicted octanol–water partition coefficient (Wildman–Crippen LogP) is 9.70. The lowest BCUT2D eigenvalue weighted by Crippen LogP contribution is -2.13. The summed E-state index contributed by atoms with van der Waals surface area (Å²) in [5.74, 6) is 2.10. The van der Waals surface area contributed by atoms with Crippen molar-refractivity contribution in [3.8, 4) is 5.75 Å². The van der Waals surface area contributed by atoms with Gasteiger partial charge in [-0.25, -0.2) is 0 Å². The molecule has 0 saturated heterocycles. The minimum atomic E-state index is -2.40. The smallest absolute Gasteiger partial charge is 0.391 e. The van der Waals surface area contributed by atoms with Crippen LogP contribution in [-0.2, 0) is 19.3 Å². The maximum absolute atomic E-state index is 9.68. The summed E-state index contributed by atoms with van der Waals surface area (Å²) in [5, 5.41) is 0. The van der Waals surface area contributed by atoms with Gasteiger partial charge >= 0.3 is 8.60 Å². The Kier molecular flexibility index (Phi) is 18.1. The highest BCUT2D eigenvalue weighted by Crippen LogP contribution is 2.38. The summed E-state index contributed by atoms with van der Waals surface area (Å²) in [6, 6.07) is 4.25. The van der Waals surface area contributed by atoms with Gasteiger partial charge in [-0.3, -0.25) is 0 Å². The van der Waals surface area contributed by atoms with E-state index < -0.39 is 8.60 Å². The number of hydrogen-bond acceptors (Lipinski definition) is 3. The van der Waals surface area contributed by atoms with Gasteiger partial charge in [-0.1, -0.05) is 124 Å². The van der Waals surface area contributed by atoms with Gasteiger partial charge in [0.05, 0.1) is 0 Å². The second kappa shape index (κ2) is 19.5. The molecule has 4 heteroatoms. The van der Waals surface area contributed by atoms with E-state index in [1.54, 1.807) is 0 Å². The van der Waals surface area contributed by atoms with Gasteiger partial charge in [0, 0.05) is 0 Å². The second-order valence-electron chi connectivity index (χ2n) is 10.3. The van der Waals surface area contributed by atoms with Crippen molar-refractivity contribution in [3.63, 3.8) is 0 Å². The fraction of sp³-hybridized carbons (Fsp3) is 0.800. The van der Waals surface area contributed by atoms with Crippen molar-refractivity contribution in [2.45, 2.75) is 144 Å². The van der Waals surface area contributed by atoms with Crippen LogP contribution in [0.4, 0.5) is 0 Å². The summed E-state index contributed by atoms with van der Waals surface area (Å²) < 4.78 is 5.61. The maximum atomic E-state index is 9.68. The average molecular weight is 495 g/mol. The van der Waals surface area contributed by atoms with Crippen molar-refractivity contribution in [3.05, 3.63) is 28.8 Å². The van der Waals surface area contributed by atoms with Crippen LogP contribution in [-0.4, -0.2) is 9.79 Å². The Hall–Kier alpha value is -0.630. The van der Waals surface area contributed by atoms with Gasteiger partial charge in [0.1, 0.15) is 5.75 Å². The van der Waals surface area contributed by atoms with E-state index in [1.807, 2.05) is 6.07 Å². The molecule has 0 fully saturated rings. The number of hydrogen-bond donors (Lipinski definition) is 2. The van der Waals surface area contributed by atoms with Crippen LogP contribution in [0.5, 0.6) is 5.75 Å². The summed E-state index contributed by atoms with van der Waals surface area (Å²) in [7, 11) is -2.40. The van der Waals surface area contributed by atoms with Crippen LogP contribution in [0.3, 0.4) is 0 Å². The Bertz CT molecular complexity index is 632. The molecule has 3 nitrogen and oxygen atoms in total. The highest BCUT2D eigenvalue weighted by molar-refractivity contribution is 7.39. The summed E-state index contributed by atoms with van der Waals surface area (Å²) in [6.45, 7) is 11.5. The van der Waals surface area contributed by atoms with Crippen molar-refractivity contribution >= 4 is 8.60 Å². The Labute approximate surface area is 213 Å². The fourth-order valence-corrected chi connectivity index (χ4v) is 5.53. The van der Waals surface area contributed by atoms with Gasteiger partial charge in [0.25, 0.3) is 0 Å². The van der Waals surface area contributed by atoms with Crippen LogP contribution in [0, 0.1) is 11.8 Å². The first-order chi connectivity index (χ1) is 16.5. The lowest BCUT2D eigenvalue weighted by atomic mass is 9.82. The first-order valence-electron chi connectivity index (χ1n) is 14.5. The van der Waals surface area contributed by atoms with Gasteiger partial charge in [-0.15, -0.1) is 0 Å². The molecule has 1 aromatic carbocycles. The van der Waals surface area contributed by atoms with Crippen molar-refractivity contribution in [2.75, 3.05) is 0 Å². The normalized spacial score (nSPS) is 13.4. The molecule has 0 aliphatic carbocycles. The largest absolute Gasteiger partial charge is 0.427 e. The SMILES string of the molecule is CCCCCCCCc1c(OP(O)O)ccc(CC(CC)CCCC)c1CC(CC)CCCC. The van der Waals surface area contributed by atoms with Gasteiger partial charge in [0.15, 0.2) is 0 Å². The van der Waals surface area contributed by atoms with Crippen LogP contribution in [0.1, 0.15) is 141 Å². The molecule has 2 unspecified atom stereocenters. The van der Waals surface area contributed by atoms with Crippen LogP contribution in [0.15, 0.2) is 12.1 Å². The van der Waals surface area contributed by atoms with E-state index in [0.717, 1.165) is 31.6 Å². The monoisotopic (exact) mass is 494 g/mol. The first-order valence-corrected chi connectivity index (χ1v) is 15.7. The third-order valence-corrected chi connectivity index (χ3v) is 7.89. The first kappa shape index (κ1) is 31.4. The molecule has 0 amide bonds. The maximum Gasteiger partial charge on any atom is 0.391 e. The fourth-order valence-electron chi connectivity index (χ4n) is 5.18. The quantitative estimate of drug-likeness (QED) is 0.132. The highest BCUT2D eigenvalue weighted by Gasteiger charge is 2.21. The Morgan fingerprint density at radius 2 is 1.24 bits per heavy atom. The molecular formula is C30H55O3P. The zero-order valence-corrected chi connectivity index (χ0v) is 24.0. The zero-order valence-electron chi connectivity index (χ0n) is 23.1. The summed E-state index contributed by atoms with van der Waals surface area (Å²) in [6.07, 6.45) is 20.8. The molecule has 0 spiro atoms. The highest BCUT2D eigenvalue weighted by atomic mass is 31.2. The van der Waals surface area contributed by atoms with Gasteiger partial charge in [-0.05, 0) is 60.3 Å². The molecule has 0 heterocycles. The molecule has 1 aromatic rings. The standard InChI is InChI=1S/C30H55O3P/c1-6-11-14-15-16-17-20-28-29(24-26(10-5)19-13-8-3)27(21-22-30(28)33-34(31)32)23-25(9-4)18-12-7-2/h21-22,25-26,31-32H,6-20,23-24H2,1-5H3. The number of rotatable bonds is 21. The van der Waals surface area contributed by atoms with Crippen molar-refractivity contribution in [1.29, 1.82) is 0 Å². The summed E-state index contributed by atoms with van der Waals surface area (Å²) >= 11 is 0. The van der Waals surface area contributed by atoms with Crippen molar-refractivity contribution in [1.82, 2.24) is 0 Å². The molecule has 2 atom stereocenters. The lowest BCUT2D eigenvalue weighted by molar-refractivity contribution is 0.372. The van der Waals surface area contributed by atoms with E-state index in [0.29, 0.717) is 11.7 Å². The number of benzene rings is 1. The van der Waals surface area contributed by atoms with E-state index in [2.05, 4.69) is 40.7 Å². The van der Waals surface area contributed by atoms with E-state index in [9.17, 15) is 9.79 Å². The molecule has 0 aromatic heterocycles. The van der Waals surface area contributed by atoms with E-state index in [4.69, 9.17) is 4.52 Å². The molecule has 2 N–H and O–H groups in total. The second-order valence-corrected chi connectivity index (χ2v) is 11.0. The van der Waals surface area contributed by atoms with E-state index in [1.165, 1.54) is 100 Å². The number of unbranched alkanes of at least 4 members (excludes halogenated alkanes) is 7. The van der Waals surface area contributed by atoms with E-state index >= 15 is 0 Å². The van der Waals surface area contributed by atoms with Crippen LogP contribution < -0.4 is 4.52 Å². The minimum absolute atomic E-state index is 0.678. The van der Waals surface area contributed by atoms with Gasteiger partial charge < -0.3 is 14.3 Å². The Morgan fingerprint density at radius 3 is 1.79 bits per heavy atom. The Morgan fingerprint density at radius 1 is 0.676 bits per heavy atom. The average Bonchev–Trinajstić information content (AvgIpc) is 2.83. The molecular weight excluding hydrogens is 439 g/mol. The molecule has 198 valence electrons. The minimum Gasteiger partial charge on any atom is -0.427 e. The molecule has 0 bridgehead atoms. The Balaban J connectivity index is 3.27.